The van der Waals surface area contributed by atoms with Crippen molar-refractivity contribution >= 4 is 34.4 Å². The summed E-state index contributed by atoms with van der Waals surface area (Å²) in [6.45, 7) is 0.828. The number of nitrogens with zero attached hydrogens (tertiary/aromatic N) is 2. The van der Waals surface area contributed by atoms with E-state index in [2.05, 4.69) is 10.2 Å². The quantitative estimate of drug-likeness (QED) is 0.793. The SMILES string of the molecule is Fc1ccc2c(c1)N(c1n[nH]c(=S)s1)CC2. The predicted molar refractivity (Wildman–Crippen MR) is 64.4 cm³/mol. The fourth-order valence-corrected chi connectivity index (χ4v) is 2.81. The summed E-state index contributed by atoms with van der Waals surface area (Å²) in [5.74, 6) is -0.218. The molecule has 1 aliphatic rings. The normalized spacial score (nSPS) is 14.2. The second-order valence-corrected chi connectivity index (χ2v) is 5.21. The molecule has 1 aromatic carbocycles. The maximum atomic E-state index is 13.2. The first-order valence-electron chi connectivity index (χ1n) is 4.85. The lowest BCUT2D eigenvalue weighted by Gasteiger charge is -2.14. The molecule has 0 aliphatic carbocycles. The van der Waals surface area contributed by atoms with Gasteiger partial charge in [-0.1, -0.05) is 17.4 Å². The molecule has 0 fully saturated rings. The molecule has 0 spiro atoms. The van der Waals surface area contributed by atoms with E-state index in [1.165, 1.54) is 17.4 Å². The second kappa shape index (κ2) is 3.64. The fraction of sp³-hybridized carbons (Fsp3) is 0.200. The number of halogens is 1. The molecule has 1 N–H and O–H groups in total. The van der Waals surface area contributed by atoms with Crippen LogP contribution < -0.4 is 4.90 Å². The van der Waals surface area contributed by atoms with Crippen LogP contribution >= 0.6 is 23.6 Å². The molecular weight excluding hydrogens is 245 g/mol. The van der Waals surface area contributed by atoms with Gasteiger partial charge in [0.05, 0.1) is 0 Å². The van der Waals surface area contributed by atoms with Gasteiger partial charge in [-0.2, -0.15) is 0 Å². The molecule has 16 heavy (non-hydrogen) atoms. The summed E-state index contributed by atoms with van der Waals surface area (Å²) >= 11 is 6.40. The predicted octanol–water partition coefficient (Wildman–Crippen LogP) is 3.03. The minimum absolute atomic E-state index is 0.218. The highest BCUT2D eigenvalue weighted by molar-refractivity contribution is 7.73. The van der Waals surface area contributed by atoms with Crippen molar-refractivity contribution < 1.29 is 4.39 Å². The van der Waals surface area contributed by atoms with Gasteiger partial charge in [0, 0.05) is 12.2 Å². The monoisotopic (exact) mass is 253 g/mol. The first-order valence-corrected chi connectivity index (χ1v) is 6.08. The molecule has 1 aromatic heterocycles. The molecule has 3 rings (SSSR count). The van der Waals surface area contributed by atoms with Crippen molar-refractivity contribution in [3.05, 3.63) is 33.5 Å². The highest BCUT2D eigenvalue weighted by Gasteiger charge is 2.22. The summed E-state index contributed by atoms with van der Waals surface area (Å²) in [6.07, 6.45) is 0.919. The van der Waals surface area contributed by atoms with Crippen molar-refractivity contribution in [3.63, 3.8) is 0 Å². The maximum Gasteiger partial charge on any atom is 0.211 e. The molecule has 3 nitrogen and oxygen atoms in total. The van der Waals surface area contributed by atoms with Crippen molar-refractivity contribution in [3.8, 4) is 0 Å². The van der Waals surface area contributed by atoms with Crippen LogP contribution in [0.5, 0.6) is 0 Å². The highest BCUT2D eigenvalue weighted by atomic mass is 32.1. The van der Waals surface area contributed by atoms with Crippen molar-refractivity contribution in [1.82, 2.24) is 10.2 Å². The van der Waals surface area contributed by atoms with Gasteiger partial charge in [0.1, 0.15) is 5.82 Å². The molecule has 0 unspecified atom stereocenters. The van der Waals surface area contributed by atoms with Gasteiger partial charge in [0.2, 0.25) is 5.13 Å². The van der Waals surface area contributed by atoms with Crippen LogP contribution in [0.2, 0.25) is 0 Å². The Morgan fingerprint density at radius 2 is 2.38 bits per heavy atom. The molecule has 0 saturated heterocycles. The Balaban J connectivity index is 2.08. The van der Waals surface area contributed by atoms with Crippen LogP contribution in [-0.4, -0.2) is 16.7 Å². The molecule has 6 heteroatoms. The zero-order valence-electron chi connectivity index (χ0n) is 8.24. The lowest BCUT2D eigenvalue weighted by atomic mass is 10.2. The molecule has 0 radical (unpaired) electrons. The average molecular weight is 253 g/mol. The Bertz CT molecular complexity index is 590. The van der Waals surface area contributed by atoms with Gasteiger partial charge in [-0.3, -0.25) is 5.10 Å². The van der Waals surface area contributed by atoms with E-state index in [0.717, 1.165) is 29.3 Å². The number of aromatic nitrogens is 2. The van der Waals surface area contributed by atoms with Crippen LogP contribution in [0.15, 0.2) is 18.2 Å². The third-order valence-electron chi connectivity index (χ3n) is 2.60. The van der Waals surface area contributed by atoms with Crippen molar-refractivity contribution in [2.75, 3.05) is 11.4 Å². The van der Waals surface area contributed by atoms with Crippen LogP contribution in [0, 0.1) is 9.77 Å². The topological polar surface area (TPSA) is 31.9 Å². The van der Waals surface area contributed by atoms with Gasteiger partial charge in [0.15, 0.2) is 3.95 Å². The lowest BCUT2D eigenvalue weighted by Crippen LogP contribution is -2.12. The first-order chi connectivity index (χ1) is 7.74. The van der Waals surface area contributed by atoms with E-state index >= 15 is 0 Å². The fourth-order valence-electron chi connectivity index (χ4n) is 1.89. The molecule has 82 valence electrons. The molecule has 0 saturated carbocycles. The third kappa shape index (κ3) is 1.54. The summed E-state index contributed by atoms with van der Waals surface area (Å²) in [7, 11) is 0. The summed E-state index contributed by atoms with van der Waals surface area (Å²) in [6, 6.07) is 4.87. The Kier molecular flexibility index (Phi) is 2.26. The van der Waals surface area contributed by atoms with Crippen LogP contribution in [0.4, 0.5) is 15.2 Å². The van der Waals surface area contributed by atoms with Gasteiger partial charge in [-0.15, -0.1) is 5.10 Å². The number of aromatic amines is 1. The smallest absolute Gasteiger partial charge is 0.211 e. The number of nitrogens with one attached hydrogen (secondary N) is 1. The average Bonchev–Trinajstić information content (AvgIpc) is 2.83. The lowest BCUT2D eigenvalue weighted by molar-refractivity contribution is 0.628. The van der Waals surface area contributed by atoms with Crippen molar-refractivity contribution in [2.45, 2.75) is 6.42 Å². The zero-order valence-corrected chi connectivity index (χ0v) is 9.87. The number of rotatable bonds is 1. The Morgan fingerprint density at radius 3 is 3.12 bits per heavy atom. The summed E-state index contributed by atoms with van der Waals surface area (Å²) in [5.41, 5.74) is 2.06. The standard InChI is InChI=1S/C10H8FN3S2/c11-7-2-1-6-3-4-14(8(6)5-7)9-12-13-10(15)16-9/h1-2,5H,3-4H2,(H,13,15). The molecule has 0 atom stereocenters. The van der Waals surface area contributed by atoms with Gasteiger partial charge >= 0.3 is 0 Å². The molecule has 1 aliphatic heterocycles. The first kappa shape index (κ1) is 9.92. The highest BCUT2D eigenvalue weighted by Crippen LogP contribution is 2.35. The minimum atomic E-state index is -0.218. The molecule has 0 amide bonds. The van der Waals surface area contributed by atoms with Gasteiger partial charge in [-0.25, -0.2) is 4.39 Å². The molecule has 2 heterocycles. The van der Waals surface area contributed by atoms with Gasteiger partial charge < -0.3 is 4.90 Å². The Labute approximate surface area is 101 Å². The Morgan fingerprint density at radius 1 is 1.50 bits per heavy atom. The van der Waals surface area contributed by atoms with E-state index in [9.17, 15) is 4.39 Å². The molecule has 2 aromatic rings. The number of anilines is 2. The van der Waals surface area contributed by atoms with Crippen molar-refractivity contribution in [1.29, 1.82) is 0 Å². The van der Waals surface area contributed by atoms with E-state index in [1.54, 1.807) is 6.07 Å². The van der Waals surface area contributed by atoms with Gasteiger partial charge in [-0.05, 0) is 36.3 Å². The van der Waals surface area contributed by atoms with E-state index < -0.39 is 0 Å². The third-order valence-corrected chi connectivity index (χ3v) is 3.71. The van der Waals surface area contributed by atoms with E-state index in [0.29, 0.717) is 3.95 Å². The van der Waals surface area contributed by atoms with Crippen molar-refractivity contribution in [2.24, 2.45) is 0 Å². The number of benzene rings is 1. The Hall–Kier alpha value is -1.27. The van der Waals surface area contributed by atoms with Gasteiger partial charge in [0.25, 0.3) is 0 Å². The number of hydrogen-bond acceptors (Lipinski definition) is 4. The summed E-state index contributed by atoms with van der Waals surface area (Å²) in [4.78, 5) is 2.00. The zero-order chi connectivity index (χ0) is 11.1. The maximum absolute atomic E-state index is 13.2. The van der Waals surface area contributed by atoms with Crippen LogP contribution in [0.3, 0.4) is 0 Å². The van der Waals surface area contributed by atoms with Crippen LogP contribution in [-0.2, 0) is 6.42 Å². The number of fused-ring (bicyclic) bond motifs is 1. The summed E-state index contributed by atoms with van der Waals surface area (Å²) in [5, 5.41) is 7.66. The largest absolute Gasteiger partial charge is 0.316 e. The summed E-state index contributed by atoms with van der Waals surface area (Å²) < 4.78 is 13.8. The van der Waals surface area contributed by atoms with Crippen LogP contribution in [0.25, 0.3) is 0 Å². The number of hydrogen-bond donors (Lipinski definition) is 1. The molecule has 0 bridgehead atoms. The minimum Gasteiger partial charge on any atom is -0.316 e. The van der Waals surface area contributed by atoms with E-state index in [-0.39, 0.29) is 5.82 Å². The van der Waals surface area contributed by atoms with E-state index in [4.69, 9.17) is 12.2 Å². The second-order valence-electron chi connectivity index (χ2n) is 3.57. The molecular formula is C10H8FN3S2. The number of H-pyrrole nitrogens is 1. The van der Waals surface area contributed by atoms with E-state index in [1.807, 2.05) is 11.0 Å². The van der Waals surface area contributed by atoms with Crippen LogP contribution in [0.1, 0.15) is 5.56 Å².